The SMILES string of the molecule is CN(CCCNC(=O)c1cnn(C)c1)C1CCCCC1. The minimum atomic E-state index is -0.0292. The summed E-state index contributed by atoms with van der Waals surface area (Å²) in [6, 6.07) is 0.748. The molecule has 1 N–H and O–H groups in total. The van der Waals surface area contributed by atoms with Crippen LogP contribution >= 0.6 is 0 Å². The summed E-state index contributed by atoms with van der Waals surface area (Å²) in [4.78, 5) is 14.3. The Morgan fingerprint density at radius 3 is 2.85 bits per heavy atom. The standard InChI is InChI=1S/C15H26N4O/c1-18(14-7-4-3-5-8-14)10-6-9-16-15(20)13-11-17-19(2)12-13/h11-12,14H,3-10H2,1-2H3,(H,16,20). The van der Waals surface area contributed by atoms with Crippen molar-refractivity contribution in [1.82, 2.24) is 20.0 Å². The van der Waals surface area contributed by atoms with Gasteiger partial charge in [-0.25, -0.2) is 0 Å². The van der Waals surface area contributed by atoms with Gasteiger partial charge in [-0.2, -0.15) is 5.10 Å². The van der Waals surface area contributed by atoms with E-state index in [2.05, 4.69) is 22.4 Å². The summed E-state index contributed by atoms with van der Waals surface area (Å²) >= 11 is 0. The first kappa shape index (κ1) is 15.0. The molecule has 0 radical (unpaired) electrons. The molecule has 1 aliphatic rings. The molecule has 1 amide bonds. The van der Waals surface area contributed by atoms with E-state index >= 15 is 0 Å². The fourth-order valence-corrected chi connectivity index (χ4v) is 2.88. The van der Waals surface area contributed by atoms with E-state index in [1.54, 1.807) is 17.1 Å². The molecule has 0 bridgehead atoms. The second-order valence-electron chi connectivity index (χ2n) is 5.78. The van der Waals surface area contributed by atoms with Crippen molar-refractivity contribution in [2.75, 3.05) is 20.1 Å². The van der Waals surface area contributed by atoms with Gasteiger partial charge in [0.05, 0.1) is 11.8 Å². The first-order valence-corrected chi connectivity index (χ1v) is 7.64. The highest BCUT2D eigenvalue weighted by atomic mass is 16.1. The highest BCUT2D eigenvalue weighted by Gasteiger charge is 2.17. The molecule has 0 aliphatic heterocycles. The zero-order valence-corrected chi connectivity index (χ0v) is 12.6. The van der Waals surface area contributed by atoms with E-state index in [1.807, 2.05) is 7.05 Å². The normalized spacial score (nSPS) is 16.6. The van der Waals surface area contributed by atoms with Crippen LogP contribution < -0.4 is 5.32 Å². The molecule has 2 rings (SSSR count). The maximum Gasteiger partial charge on any atom is 0.254 e. The Morgan fingerprint density at radius 2 is 2.20 bits per heavy atom. The molecule has 1 aromatic rings. The number of amides is 1. The quantitative estimate of drug-likeness (QED) is 0.807. The number of hydrogen-bond donors (Lipinski definition) is 1. The van der Waals surface area contributed by atoms with Crippen LogP contribution in [0.4, 0.5) is 0 Å². The minimum Gasteiger partial charge on any atom is -0.352 e. The average molecular weight is 278 g/mol. The largest absolute Gasteiger partial charge is 0.352 e. The molecule has 5 heteroatoms. The lowest BCUT2D eigenvalue weighted by Crippen LogP contribution is -2.35. The minimum absolute atomic E-state index is 0.0292. The van der Waals surface area contributed by atoms with Gasteiger partial charge >= 0.3 is 0 Å². The van der Waals surface area contributed by atoms with E-state index in [-0.39, 0.29) is 5.91 Å². The molecule has 5 nitrogen and oxygen atoms in total. The van der Waals surface area contributed by atoms with Gasteiger partial charge in [0, 0.05) is 25.8 Å². The summed E-state index contributed by atoms with van der Waals surface area (Å²) in [7, 11) is 4.02. The van der Waals surface area contributed by atoms with Crippen molar-refractivity contribution in [2.24, 2.45) is 7.05 Å². The smallest absolute Gasteiger partial charge is 0.254 e. The highest BCUT2D eigenvalue weighted by Crippen LogP contribution is 2.21. The van der Waals surface area contributed by atoms with E-state index in [0.717, 1.165) is 25.6 Å². The molecule has 0 spiro atoms. The van der Waals surface area contributed by atoms with Gasteiger partial charge < -0.3 is 10.2 Å². The van der Waals surface area contributed by atoms with Gasteiger partial charge in [0.15, 0.2) is 0 Å². The molecule has 1 heterocycles. The summed E-state index contributed by atoms with van der Waals surface area (Å²) in [6.07, 6.45) is 11.1. The molecule has 1 fully saturated rings. The van der Waals surface area contributed by atoms with Crippen LogP contribution in [0, 0.1) is 0 Å². The molecular formula is C15H26N4O. The van der Waals surface area contributed by atoms with Gasteiger partial charge in [0.1, 0.15) is 0 Å². The number of carbonyl (C=O) groups excluding carboxylic acids is 1. The summed E-state index contributed by atoms with van der Waals surface area (Å²) in [6.45, 7) is 1.78. The number of carbonyl (C=O) groups is 1. The van der Waals surface area contributed by atoms with Crippen molar-refractivity contribution in [2.45, 2.75) is 44.6 Å². The van der Waals surface area contributed by atoms with Gasteiger partial charge in [-0.15, -0.1) is 0 Å². The van der Waals surface area contributed by atoms with E-state index in [9.17, 15) is 4.79 Å². The Morgan fingerprint density at radius 1 is 1.45 bits per heavy atom. The van der Waals surface area contributed by atoms with Crippen LogP contribution in [0.2, 0.25) is 0 Å². The topological polar surface area (TPSA) is 50.2 Å². The van der Waals surface area contributed by atoms with Crippen LogP contribution in [0.3, 0.4) is 0 Å². The Balaban J connectivity index is 1.62. The molecule has 0 atom stereocenters. The van der Waals surface area contributed by atoms with Crippen LogP contribution in [0.25, 0.3) is 0 Å². The van der Waals surface area contributed by atoms with E-state index in [4.69, 9.17) is 0 Å². The first-order valence-electron chi connectivity index (χ1n) is 7.64. The Labute approximate surface area is 121 Å². The maximum absolute atomic E-state index is 11.8. The fraction of sp³-hybridized carbons (Fsp3) is 0.733. The third-order valence-electron chi connectivity index (χ3n) is 4.14. The van der Waals surface area contributed by atoms with Crippen molar-refractivity contribution in [3.63, 3.8) is 0 Å². The molecule has 0 aromatic carbocycles. The van der Waals surface area contributed by atoms with Crippen LogP contribution in [0.15, 0.2) is 12.4 Å². The van der Waals surface area contributed by atoms with Crippen molar-refractivity contribution >= 4 is 5.91 Å². The van der Waals surface area contributed by atoms with Gasteiger partial charge in [0.25, 0.3) is 5.91 Å². The zero-order valence-electron chi connectivity index (χ0n) is 12.6. The summed E-state index contributed by atoms with van der Waals surface area (Å²) in [5, 5.41) is 6.95. The molecule has 0 unspecified atom stereocenters. The van der Waals surface area contributed by atoms with E-state index < -0.39 is 0 Å². The molecular weight excluding hydrogens is 252 g/mol. The van der Waals surface area contributed by atoms with Gasteiger partial charge in [-0.1, -0.05) is 19.3 Å². The molecule has 112 valence electrons. The van der Waals surface area contributed by atoms with Crippen molar-refractivity contribution in [3.05, 3.63) is 18.0 Å². The van der Waals surface area contributed by atoms with Crippen molar-refractivity contribution in [3.8, 4) is 0 Å². The Hall–Kier alpha value is -1.36. The second kappa shape index (κ2) is 7.43. The van der Waals surface area contributed by atoms with E-state index in [1.165, 1.54) is 32.1 Å². The molecule has 1 saturated carbocycles. The lowest BCUT2D eigenvalue weighted by Gasteiger charge is -2.31. The summed E-state index contributed by atoms with van der Waals surface area (Å²) in [5.41, 5.74) is 0.633. The van der Waals surface area contributed by atoms with E-state index in [0.29, 0.717) is 5.56 Å². The van der Waals surface area contributed by atoms with Crippen LogP contribution in [0.1, 0.15) is 48.9 Å². The predicted molar refractivity (Wildman–Crippen MR) is 79.7 cm³/mol. The molecule has 1 aromatic heterocycles. The number of aromatic nitrogens is 2. The Bertz CT molecular complexity index is 423. The molecule has 20 heavy (non-hydrogen) atoms. The number of rotatable bonds is 6. The molecule has 1 aliphatic carbocycles. The number of hydrogen-bond acceptors (Lipinski definition) is 3. The monoisotopic (exact) mass is 278 g/mol. The van der Waals surface area contributed by atoms with Crippen LogP contribution in [-0.2, 0) is 7.05 Å². The van der Waals surface area contributed by atoms with Crippen LogP contribution in [0.5, 0.6) is 0 Å². The van der Waals surface area contributed by atoms with Crippen LogP contribution in [-0.4, -0.2) is 46.8 Å². The van der Waals surface area contributed by atoms with Gasteiger partial charge in [-0.05, 0) is 32.9 Å². The fourth-order valence-electron chi connectivity index (χ4n) is 2.88. The van der Waals surface area contributed by atoms with Gasteiger partial charge in [-0.3, -0.25) is 9.48 Å². The number of nitrogens with one attached hydrogen (secondary N) is 1. The zero-order chi connectivity index (χ0) is 14.4. The number of aryl methyl sites for hydroxylation is 1. The third kappa shape index (κ3) is 4.34. The Kier molecular flexibility index (Phi) is 5.59. The average Bonchev–Trinajstić information content (AvgIpc) is 2.91. The maximum atomic E-state index is 11.8. The van der Waals surface area contributed by atoms with Crippen molar-refractivity contribution < 1.29 is 4.79 Å². The van der Waals surface area contributed by atoms with Gasteiger partial charge in [0.2, 0.25) is 0 Å². The lowest BCUT2D eigenvalue weighted by atomic mass is 9.94. The molecule has 0 saturated heterocycles. The summed E-state index contributed by atoms with van der Waals surface area (Å²) in [5.74, 6) is -0.0292. The lowest BCUT2D eigenvalue weighted by molar-refractivity contribution is 0.0950. The third-order valence-corrected chi connectivity index (χ3v) is 4.14. The first-order chi connectivity index (χ1) is 9.66. The summed E-state index contributed by atoms with van der Waals surface area (Å²) < 4.78 is 1.64. The predicted octanol–water partition coefficient (Wildman–Crippen LogP) is 1.80. The van der Waals surface area contributed by atoms with Crippen molar-refractivity contribution in [1.29, 1.82) is 0 Å². The number of nitrogens with zero attached hydrogens (tertiary/aromatic N) is 3. The second-order valence-corrected chi connectivity index (χ2v) is 5.78. The highest BCUT2D eigenvalue weighted by molar-refractivity contribution is 5.93.